The van der Waals surface area contributed by atoms with Crippen LogP contribution >= 0.6 is 0 Å². The number of hydrogen-bond acceptors (Lipinski definition) is 10. The number of sulfonamides is 1. The van der Waals surface area contributed by atoms with E-state index in [-0.39, 0.29) is 41.2 Å². The van der Waals surface area contributed by atoms with Crippen molar-refractivity contribution >= 4 is 22.1 Å². The standard InChI is InChI=1S/C28H30N6O5S/c1-19-5-7-21(8-6-19)24-25(34-40(36,37)23-11-9-22(10-12-23)28(2,3)4)31-18-32-26(24)38-13-14-39-27-29-15-20(16-30-27)17-33-35/h5-12,15-18,35H,13-14H2,1-4H3,(H,31,32,34). The summed E-state index contributed by atoms with van der Waals surface area (Å²) in [6.07, 6.45) is 5.32. The topological polar surface area (TPSA) is 149 Å². The number of aryl methyl sites for hydroxylation is 1. The Hall–Kier alpha value is -4.58. The highest BCUT2D eigenvalue weighted by atomic mass is 32.2. The first-order chi connectivity index (χ1) is 19.1. The van der Waals surface area contributed by atoms with E-state index in [1.165, 1.54) is 24.9 Å². The Bertz CT molecular complexity index is 1570. The van der Waals surface area contributed by atoms with Crippen LogP contribution in [-0.2, 0) is 15.4 Å². The van der Waals surface area contributed by atoms with Crippen molar-refractivity contribution in [3.8, 4) is 23.0 Å². The van der Waals surface area contributed by atoms with E-state index in [4.69, 9.17) is 14.7 Å². The molecule has 4 aromatic rings. The lowest BCUT2D eigenvalue weighted by Gasteiger charge is -2.19. The minimum absolute atomic E-state index is 0.0690. The van der Waals surface area contributed by atoms with Crippen molar-refractivity contribution in [3.05, 3.63) is 83.9 Å². The molecule has 12 heteroatoms. The highest BCUT2D eigenvalue weighted by molar-refractivity contribution is 7.92. The lowest BCUT2D eigenvalue weighted by Crippen LogP contribution is -2.17. The van der Waals surface area contributed by atoms with E-state index in [0.717, 1.165) is 11.1 Å². The Morgan fingerprint density at radius 2 is 1.57 bits per heavy atom. The zero-order chi connectivity index (χ0) is 28.8. The lowest BCUT2D eigenvalue weighted by atomic mass is 9.87. The lowest BCUT2D eigenvalue weighted by molar-refractivity contribution is 0.202. The summed E-state index contributed by atoms with van der Waals surface area (Å²) in [6, 6.07) is 14.4. The monoisotopic (exact) mass is 562 g/mol. The third-order valence-electron chi connectivity index (χ3n) is 5.82. The molecule has 0 saturated carbocycles. The molecule has 0 bridgehead atoms. The van der Waals surface area contributed by atoms with Crippen LogP contribution in [0.25, 0.3) is 11.1 Å². The number of anilines is 1. The van der Waals surface area contributed by atoms with Crippen LogP contribution in [0.4, 0.5) is 5.82 Å². The number of benzene rings is 2. The molecular formula is C28H30N6O5S. The summed E-state index contributed by atoms with van der Waals surface area (Å²) in [5, 5.41) is 11.5. The van der Waals surface area contributed by atoms with E-state index in [1.807, 2.05) is 31.2 Å². The average Bonchev–Trinajstić information content (AvgIpc) is 2.92. The van der Waals surface area contributed by atoms with Crippen LogP contribution in [-0.4, -0.2) is 53.0 Å². The molecule has 2 N–H and O–H groups in total. The molecule has 2 heterocycles. The van der Waals surface area contributed by atoms with Gasteiger partial charge in [-0.25, -0.2) is 28.4 Å². The molecule has 208 valence electrons. The van der Waals surface area contributed by atoms with Crippen molar-refractivity contribution in [1.29, 1.82) is 0 Å². The number of ether oxygens (including phenoxy) is 2. The van der Waals surface area contributed by atoms with Gasteiger partial charge < -0.3 is 14.7 Å². The number of nitrogens with zero attached hydrogens (tertiary/aromatic N) is 5. The quantitative estimate of drug-likeness (QED) is 0.122. The van der Waals surface area contributed by atoms with Crippen LogP contribution in [0.15, 0.2) is 77.3 Å². The summed E-state index contributed by atoms with van der Waals surface area (Å²) in [5.74, 6) is 0.262. The SMILES string of the molecule is Cc1ccc(-c2c(NS(=O)(=O)c3ccc(C(C)(C)C)cc3)ncnc2OCCOc2ncc(C=NO)cn2)cc1. The van der Waals surface area contributed by atoms with Crippen molar-refractivity contribution in [2.24, 2.45) is 5.16 Å². The molecular weight excluding hydrogens is 532 g/mol. The molecule has 0 saturated heterocycles. The van der Waals surface area contributed by atoms with Gasteiger partial charge >= 0.3 is 6.01 Å². The number of hydrogen-bond donors (Lipinski definition) is 2. The summed E-state index contributed by atoms with van der Waals surface area (Å²) in [5.41, 5.74) is 3.52. The molecule has 0 aliphatic carbocycles. The number of oxime groups is 1. The van der Waals surface area contributed by atoms with Gasteiger partial charge in [-0.05, 0) is 35.6 Å². The van der Waals surface area contributed by atoms with E-state index in [1.54, 1.807) is 24.3 Å². The van der Waals surface area contributed by atoms with Crippen LogP contribution in [0.5, 0.6) is 11.9 Å². The van der Waals surface area contributed by atoms with Crippen LogP contribution in [0.1, 0.15) is 37.5 Å². The van der Waals surface area contributed by atoms with Crippen molar-refractivity contribution in [3.63, 3.8) is 0 Å². The van der Waals surface area contributed by atoms with Crippen LogP contribution in [0, 0.1) is 6.92 Å². The van der Waals surface area contributed by atoms with Gasteiger partial charge in [0.05, 0.1) is 16.7 Å². The van der Waals surface area contributed by atoms with Crippen LogP contribution < -0.4 is 14.2 Å². The third kappa shape index (κ3) is 7.08. The van der Waals surface area contributed by atoms with Gasteiger partial charge in [0.15, 0.2) is 5.82 Å². The van der Waals surface area contributed by atoms with Gasteiger partial charge in [-0.3, -0.25) is 4.72 Å². The highest BCUT2D eigenvalue weighted by Crippen LogP contribution is 2.35. The smallest absolute Gasteiger partial charge is 0.316 e. The molecule has 0 aliphatic rings. The second kappa shape index (κ2) is 12.1. The predicted octanol–water partition coefficient (Wildman–Crippen LogP) is 4.61. The maximum atomic E-state index is 13.3. The molecule has 2 aromatic carbocycles. The molecule has 2 aromatic heterocycles. The molecule has 0 fully saturated rings. The molecule has 0 aliphatic heterocycles. The fourth-order valence-electron chi connectivity index (χ4n) is 3.66. The molecule has 0 unspecified atom stereocenters. The minimum Gasteiger partial charge on any atom is -0.473 e. The zero-order valence-corrected chi connectivity index (χ0v) is 23.4. The number of aromatic nitrogens is 4. The van der Waals surface area contributed by atoms with Crippen LogP contribution in [0.3, 0.4) is 0 Å². The van der Waals surface area contributed by atoms with E-state index < -0.39 is 10.0 Å². The molecule has 4 rings (SSSR count). The maximum absolute atomic E-state index is 13.3. The second-order valence-corrected chi connectivity index (χ2v) is 11.6. The Labute approximate surface area is 233 Å². The molecule has 0 radical (unpaired) electrons. The first-order valence-corrected chi connectivity index (χ1v) is 13.9. The van der Waals surface area contributed by atoms with E-state index in [9.17, 15) is 8.42 Å². The third-order valence-corrected chi connectivity index (χ3v) is 7.18. The average molecular weight is 563 g/mol. The maximum Gasteiger partial charge on any atom is 0.316 e. The Morgan fingerprint density at radius 1 is 0.925 bits per heavy atom. The first-order valence-electron chi connectivity index (χ1n) is 12.4. The molecule has 40 heavy (non-hydrogen) atoms. The minimum atomic E-state index is -3.96. The van der Waals surface area contributed by atoms with Gasteiger partial charge in [-0.1, -0.05) is 67.9 Å². The summed E-state index contributed by atoms with van der Waals surface area (Å²) >= 11 is 0. The van der Waals surface area contributed by atoms with Gasteiger partial charge in [0.25, 0.3) is 10.0 Å². The van der Waals surface area contributed by atoms with Crippen molar-refractivity contribution < 1.29 is 23.1 Å². The van der Waals surface area contributed by atoms with Crippen molar-refractivity contribution in [1.82, 2.24) is 19.9 Å². The van der Waals surface area contributed by atoms with Gasteiger partial charge in [0, 0.05) is 18.0 Å². The zero-order valence-electron chi connectivity index (χ0n) is 22.6. The molecule has 0 amide bonds. The van der Waals surface area contributed by atoms with Crippen molar-refractivity contribution in [2.45, 2.75) is 38.0 Å². The normalized spacial score (nSPS) is 11.9. The predicted molar refractivity (Wildman–Crippen MR) is 151 cm³/mol. The Balaban J connectivity index is 1.56. The summed E-state index contributed by atoms with van der Waals surface area (Å²) < 4.78 is 40.7. The number of rotatable bonds is 10. The molecule has 11 nitrogen and oxygen atoms in total. The molecule has 0 spiro atoms. The second-order valence-electron chi connectivity index (χ2n) is 9.89. The largest absolute Gasteiger partial charge is 0.473 e. The molecule has 0 atom stereocenters. The van der Waals surface area contributed by atoms with E-state index in [0.29, 0.717) is 16.7 Å². The van der Waals surface area contributed by atoms with Crippen LogP contribution in [0.2, 0.25) is 0 Å². The van der Waals surface area contributed by atoms with Gasteiger partial charge in [0.2, 0.25) is 5.88 Å². The fraction of sp³-hybridized carbons (Fsp3) is 0.250. The van der Waals surface area contributed by atoms with Crippen molar-refractivity contribution in [2.75, 3.05) is 17.9 Å². The van der Waals surface area contributed by atoms with Gasteiger partial charge in [-0.15, -0.1) is 0 Å². The van der Waals surface area contributed by atoms with E-state index >= 15 is 0 Å². The van der Waals surface area contributed by atoms with Gasteiger partial charge in [-0.2, -0.15) is 0 Å². The first kappa shape index (κ1) is 28.4. The summed E-state index contributed by atoms with van der Waals surface area (Å²) in [4.78, 5) is 16.7. The summed E-state index contributed by atoms with van der Waals surface area (Å²) in [6.45, 7) is 8.30. The fourth-order valence-corrected chi connectivity index (χ4v) is 4.68. The van der Waals surface area contributed by atoms with Gasteiger partial charge in [0.1, 0.15) is 19.5 Å². The Kier molecular flexibility index (Phi) is 8.58. The van der Waals surface area contributed by atoms with E-state index in [2.05, 4.69) is 50.6 Å². The summed E-state index contributed by atoms with van der Waals surface area (Å²) in [7, 11) is -3.96. The Morgan fingerprint density at radius 3 is 2.20 bits per heavy atom. The number of nitrogens with one attached hydrogen (secondary N) is 1. The highest BCUT2D eigenvalue weighted by Gasteiger charge is 2.22.